The van der Waals surface area contributed by atoms with Crippen molar-refractivity contribution in [3.63, 3.8) is 0 Å². The molecule has 30 heavy (non-hydrogen) atoms. The fourth-order valence-corrected chi connectivity index (χ4v) is 7.54. The van der Waals surface area contributed by atoms with Gasteiger partial charge in [0.25, 0.3) is 0 Å². The second-order valence-electron chi connectivity index (χ2n) is 12.0. The lowest BCUT2D eigenvalue weighted by Gasteiger charge is -2.43. The van der Waals surface area contributed by atoms with Crippen molar-refractivity contribution in [2.24, 2.45) is 47.3 Å². The molecule has 2 heterocycles. The monoisotopic (exact) mass is 420 g/mol. The molecule has 0 bridgehead atoms. The molecular formula is C26H44O4. The van der Waals surface area contributed by atoms with E-state index in [4.69, 9.17) is 18.9 Å². The second kappa shape index (κ2) is 7.17. The first-order valence-corrected chi connectivity index (χ1v) is 12.8. The van der Waals surface area contributed by atoms with Crippen LogP contribution in [0.15, 0.2) is 0 Å². The first kappa shape index (κ1) is 21.7. The maximum absolute atomic E-state index is 6.76. The Balaban J connectivity index is 1.30. The van der Waals surface area contributed by atoms with Crippen LogP contribution in [0.2, 0.25) is 0 Å². The third kappa shape index (κ3) is 2.99. The van der Waals surface area contributed by atoms with E-state index >= 15 is 0 Å². The predicted octanol–water partition coefficient (Wildman–Crippen LogP) is 5.64. The Labute approximate surface area is 183 Å². The van der Waals surface area contributed by atoms with Gasteiger partial charge in [0, 0.05) is 25.7 Å². The predicted molar refractivity (Wildman–Crippen MR) is 117 cm³/mol. The van der Waals surface area contributed by atoms with Gasteiger partial charge in [0.1, 0.15) is 0 Å². The highest BCUT2D eigenvalue weighted by atomic mass is 16.8. The number of ether oxygens (including phenoxy) is 4. The Morgan fingerprint density at radius 3 is 0.767 bits per heavy atom. The fraction of sp³-hybridized carbons (Fsp3) is 1.00. The maximum atomic E-state index is 6.76. The zero-order valence-electron chi connectivity index (χ0n) is 20.4. The van der Waals surface area contributed by atoms with Crippen LogP contribution in [0.4, 0.5) is 0 Å². The summed E-state index contributed by atoms with van der Waals surface area (Å²) < 4.78 is 27.0. The summed E-state index contributed by atoms with van der Waals surface area (Å²) >= 11 is 0. The zero-order chi connectivity index (χ0) is 21.6. The van der Waals surface area contributed by atoms with Gasteiger partial charge in [0.2, 0.25) is 0 Å². The molecule has 2 aliphatic heterocycles. The summed E-state index contributed by atoms with van der Waals surface area (Å²) in [5.41, 5.74) is 0. The Morgan fingerprint density at radius 1 is 0.367 bits per heavy atom. The first-order valence-electron chi connectivity index (χ1n) is 12.8. The van der Waals surface area contributed by atoms with E-state index in [-0.39, 0.29) is 24.4 Å². The molecule has 0 aromatic rings. The van der Waals surface area contributed by atoms with E-state index < -0.39 is 11.6 Å². The van der Waals surface area contributed by atoms with Gasteiger partial charge in [-0.15, -0.1) is 0 Å². The lowest BCUT2D eigenvalue weighted by molar-refractivity contribution is -0.268. The van der Waals surface area contributed by atoms with Crippen LogP contribution >= 0.6 is 0 Å². The summed E-state index contributed by atoms with van der Waals surface area (Å²) in [6, 6.07) is 0. The molecule has 0 amide bonds. The van der Waals surface area contributed by atoms with Gasteiger partial charge in [-0.1, -0.05) is 55.4 Å². The van der Waals surface area contributed by atoms with Crippen LogP contribution in [0.1, 0.15) is 81.1 Å². The smallest absolute Gasteiger partial charge is 0.169 e. The normalized spacial score (nSPS) is 63.2. The van der Waals surface area contributed by atoms with Crippen LogP contribution in [-0.2, 0) is 18.9 Å². The van der Waals surface area contributed by atoms with Gasteiger partial charge >= 0.3 is 0 Å². The van der Waals surface area contributed by atoms with Crippen LogP contribution in [0.3, 0.4) is 0 Å². The van der Waals surface area contributed by atoms with Crippen molar-refractivity contribution in [2.45, 2.75) is 117 Å². The van der Waals surface area contributed by atoms with Crippen molar-refractivity contribution in [1.29, 1.82) is 0 Å². The molecule has 4 heteroatoms. The average Bonchev–Trinajstić information content (AvgIpc) is 3.30. The molecule has 12 atom stereocenters. The van der Waals surface area contributed by atoms with E-state index in [0.29, 0.717) is 47.3 Å². The quantitative estimate of drug-likeness (QED) is 0.508. The maximum Gasteiger partial charge on any atom is 0.169 e. The first-order chi connectivity index (χ1) is 14.1. The van der Waals surface area contributed by atoms with Crippen LogP contribution in [0.25, 0.3) is 0 Å². The molecule has 172 valence electrons. The molecule has 0 aromatic heterocycles. The molecule has 3 aliphatic carbocycles. The summed E-state index contributed by atoms with van der Waals surface area (Å²) in [4.78, 5) is 0. The lowest BCUT2D eigenvalue weighted by Crippen LogP contribution is -2.47. The molecule has 0 aromatic carbocycles. The van der Waals surface area contributed by atoms with Crippen molar-refractivity contribution in [3.8, 4) is 0 Å². The topological polar surface area (TPSA) is 36.9 Å². The molecule has 8 unspecified atom stereocenters. The third-order valence-corrected chi connectivity index (χ3v) is 10.9. The molecule has 3 saturated carbocycles. The minimum atomic E-state index is -0.425. The number of fused-ring (bicyclic) bond motifs is 2. The molecule has 5 fully saturated rings. The Bertz CT molecular complexity index is 551. The van der Waals surface area contributed by atoms with E-state index in [1.807, 2.05) is 0 Å². The molecule has 0 N–H and O–H groups in total. The van der Waals surface area contributed by atoms with Crippen molar-refractivity contribution in [1.82, 2.24) is 0 Å². The number of rotatable bonds is 0. The van der Waals surface area contributed by atoms with Gasteiger partial charge in [-0.05, 0) is 47.3 Å². The minimum absolute atomic E-state index is 0.231. The highest BCUT2D eigenvalue weighted by molar-refractivity contribution is 5.04. The molecule has 5 aliphatic rings. The van der Waals surface area contributed by atoms with E-state index in [0.717, 1.165) is 25.7 Å². The van der Waals surface area contributed by atoms with Gasteiger partial charge in [-0.3, -0.25) is 0 Å². The van der Waals surface area contributed by atoms with Gasteiger partial charge in [-0.25, -0.2) is 0 Å². The van der Waals surface area contributed by atoms with Gasteiger partial charge in [-0.2, -0.15) is 0 Å². The lowest BCUT2D eigenvalue weighted by atomic mass is 9.66. The zero-order valence-corrected chi connectivity index (χ0v) is 20.4. The van der Waals surface area contributed by atoms with Crippen LogP contribution in [0, 0.1) is 47.3 Å². The van der Waals surface area contributed by atoms with Crippen LogP contribution in [0.5, 0.6) is 0 Å². The summed E-state index contributed by atoms with van der Waals surface area (Å²) in [5, 5.41) is 0. The van der Waals surface area contributed by atoms with Crippen molar-refractivity contribution in [3.05, 3.63) is 0 Å². The molecule has 2 saturated heterocycles. The molecular weight excluding hydrogens is 376 g/mol. The van der Waals surface area contributed by atoms with Gasteiger partial charge < -0.3 is 18.9 Å². The highest BCUT2D eigenvalue weighted by Crippen LogP contribution is 2.56. The molecule has 4 nitrogen and oxygen atoms in total. The summed E-state index contributed by atoms with van der Waals surface area (Å²) in [7, 11) is 0. The summed E-state index contributed by atoms with van der Waals surface area (Å²) in [6.07, 6.45) is 4.46. The highest BCUT2D eigenvalue weighted by Gasteiger charge is 2.62. The molecule has 2 spiro atoms. The van der Waals surface area contributed by atoms with Gasteiger partial charge in [0.05, 0.1) is 24.4 Å². The number of hydrogen-bond acceptors (Lipinski definition) is 4. The van der Waals surface area contributed by atoms with E-state index in [1.165, 1.54) is 0 Å². The Kier molecular flexibility index (Phi) is 5.18. The Morgan fingerprint density at radius 2 is 0.567 bits per heavy atom. The van der Waals surface area contributed by atoms with E-state index in [9.17, 15) is 0 Å². The summed E-state index contributed by atoms with van der Waals surface area (Å²) in [5.74, 6) is 4.02. The summed E-state index contributed by atoms with van der Waals surface area (Å²) in [6.45, 7) is 19.0. The fourth-order valence-electron chi connectivity index (χ4n) is 7.54. The second-order valence-corrected chi connectivity index (χ2v) is 12.0. The SMILES string of the molecule is CC1C2OC3(CCC4(CC3)OC3C(C)[C@H](C)C(C)[C@H](C)C3O4)OC2[C@H](C)C(C)[C@@H]1C. The molecule has 0 radical (unpaired) electrons. The standard InChI is InChI=1S/C26H44O4/c1-13-14(2)18(6)22-21(17(13)5)27-25(28-22)9-11-26(12-10-25)29-23-19(7)15(3)16(4)20(8)24(23)30-26/h13-24H,9-12H2,1-8H3/t13-,14?,15+,16?,17?,18+,19?,20-,21?,22?,23?,24?,25?,26?. The molecule has 5 rings (SSSR count). The average molecular weight is 421 g/mol. The van der Waals surface area contributed by atoms with Crippen molar-refractivity contribution in [2.75, 3.05) is 0 Å². The third-order valence-electron chi connectivity index (χ3n) is 10.9. The number of hydrogen-bond donors (Lipinski definition) is 0. The van der Waals surface area contributed by atoms with Crippen molar-refractivity contribution >= 4 is 0 Å². The van der Waals surface area contributed by atoms with E-state index in [2.05, 4.69) is 55.4 Å². The van der Waals surface area contributed by atoms with Crippen LogP contribution < -0.4 is 0 Å². The Hall–Kier alpha value is -0.160. The minimum Gasteiger partial charge on any atom is -0.344 e. The largest absolute Gasteiger partial charge is 0.344 e. The van der Waals surface area contributed by atoms with Gasteiger partial charge in [0.15, 0.2) is 11.6 Å². The van der Waals surface area contributed by atoms with Crippen LogP contribution in [-0.4, -0.2) is 36.0 Å². The van der Waals surface area contributed by atoms with Crippen molar-refractivity contribution < 1.29 is 18.9 Å². The van der Waals surface area contributed by atoms with E-state index in [1.54, 1.807) is 0 Å².